The molecule has 48 heavy (non-hydrogen) atoms. The Labute approximate surface area is 286 Å². The molecule has 0 saturated carbocycles. The van der Waals surface area contributed by atoms with Crippen molar-refractivity contribution in [3.63, 3.8) is 0 Å². The number of amides is 3. The lowest BCUT2D eigenvalue weighted by Crippen LogP contribution is -2.59. The Morgan fingerprint density at radius 3 is 2.44 bits per heavy atom. The molecule has 0 aliphatic carbocycles. The fourth-order valence-electron chi connectivity index (χ4n) is 7.78. The molecule has 3 saturated heterocycles. The molecule has 1 aromatic rings. The van der Waals surface area contributed by atoms with Gasteiger partial charge in [0.1, 0.15) is 17.7 Å². The van der Waals surface area contributed by atoms with Crippen LogP contribution in [0.5, 0.6) is 0 Å². The molecule has 0 unspecified atom stereocenters. The maximum atomic E-state index is 14.6. The Morgan fingerprint density at radius 2 is 1.81 bits per heavy atom. The predicted molar refractivity (Wildman–Crippen MR) is 183 cm³/mol. The van der Waals surface area contributed by atoms with Crippen molar-refractivity contribution in [3.8, 4) is 0 Å². The van der Waals surface area contributed by atoms with Crippen molar-refractivity contribution < 1.29 is 33.8 Å². The van der Waals surface area contributed by atoms with Crippen LogP contribution < -0.4 is 0 Å². The van der Waals surface area contributed by atoms with Crippen LogP contribution >= 0.6 is 0 Å². The summed E-state index contributed by atoms with van der Waals surface area (Å²) >= 11 is 0. The predicted octanol–water partition coefficient (Wildman–Crippen LogP) is 4.82. The Hall–Kier alpha value is -3.50. The normalized spacial score (nSPS) is 25.7. The van der Waals surface area contributed by atoms with Crippen molar-refractivity contribution in [1.29, 1.82) is 0 Å². The first-order valence-electron chi connectivity index (χ1n) is 17.5. The highest BCUT2D eigenvalue weighted by Gasteiger charge is 2.75. The van der Waals surface area contributed by atoms with E-state index in [0.717, 1.165) is 18.4 Å². The summed E-state index contributed by atoms with van der Waals surface area (Å²) in [4.78, 5) is 61.4. The third kappa shape index (κ3) is 7.39. The van der Waals surface area contributed by atoms with Gasteiger partial charge in [0.25, 0.3) is 0 Å². The maximum Gasteiger partial charge on any atom is 0.313 e. The number of nitrogens with zero attached hydrogens (tertiary/aromatic N) is 3. The highest BCUT2D eigenvalue weighted by molar-refractivity contribution is 5.98. The van der Waals surface area contributed by atoms with E-state index >= 15 is 0 Å². The Bertz CT molecular complexity index is 1330. The van der Waals surface area contributed by atoms with Crippen molar-refractivity contribution in [3.05, 3.63) is 61.2 Å². The minimum absolute atomic E-state index is 0.0912. The van der Waals surface area contributed by atoms with E-state index in [2.05, 4.69) is 13.2 Å². The molecule has 1 spiro atoms. The lowest BCUT2D eigenvalue weighted by Gasteiger charge is -2.42. The molecule has 1 aromatic carbocycles. The first kappa shape index (κ1) is 37.3. The maximum absolute atomic E-state index is 14.6. The topological polar surface area (TPSA) is 117 Å². The van der Waals surface area contributed by atoms with Gasteiger partial charge in [-0.3, -0.25) is 19.2 Å². The number of carbonyl (C=O) groups is 4. The number of unbranched alkanes of at least 4 members (excludes halogenated alkanes) is 3. The zero-order valence-electron chi connectivity index (χ0n) is 29.4. The summed E-state index contributed by atoms with van der Waals surface area (Å²) in [5.41, 5.74) is -0.955. The number of esters is 1. The highest BCUT2D eigenvalue weighted by atomic mass is 16.6. The lowest BCUT2D eigenvalue weighted by molar-refractivity contribution is -0.164. The molecule has 3 amide bonds. The number of likely N-dealkylation sites (tertiary alicyclic amines) is 1. The van der Waals surface area contributed by atoms with Crippen LogP contribution in [0, 0.1) is 11.8 Å². The molecule has 3 heterocycles. The van der Waals surface area contributed by atoms with Gasteiger partial charge in [0, 0.05) is 38.7 Å². The van der Waals surface area contributed by atoms with Crippen molar-refractivity contribution in [2.75, 3.05) is 26.7 Å². The summed E-state index contributed by atoms with van der Waals surface area (Å²) in [5, 5.41) is 9.24. The molecule has 10 nitrogen and oxygen atoms in total. The number of rotatable bonds is 17. The Morgan fingerprint density at radius 1 is 1.12 bits per heavy atom. The number of likely N-dealkylation sites (N-methyl/N-ethyl adjacent to an activating group) is 1. The van der Waals surface area contributed by atoms with E-state index in [1.807, 2.05) is 58.0 Å². The molecule has 10 heteroatoms. The molecule has 2 bridgehead atoms. The van der Waals surface area contributed by atoms with Crippen LogP contribution in [0.3, 0.4) is 0 Å². The molecule has 3 fully saturated rings. The number of fused-ring (bicyclic) bond motifs is 1. The molecule has 3 aliphatic heterocycles. The van der Waals surface area contributed by atoms with Gasteiger partial charge < -0.3 is 29.3 Å². The minimum atomic E-state index is -1.15. The monoisotopic (exact) mass is 665 g/mol. The van der Waals surface area contributed by atoms with E-state index in [0.29, 0.717) is 51.6 Å². The Kier molecular flexibility index (Phi) is 12.3. The van der Waals surface area contributed by atoms with Crippen molar-refractivity contribution in [2.24, 2.45) is 11.8 Å². The molecular formula is C38H55N3O7. The first-order chi connectivity index (χ1) is 22.8. The fourth-order valence-corrected chi connectivity index (χ4v) is 7.78. The number of aliphatic hydroxyl groups is 1. The van der Waals surface area contributed by atoms with Crippen molar-refractivity contribution in [2.45, 2.75) is 114 Å². The molecule has 0 radical (unpaired) electrons. The molecule has 264 valence electrons. The smallest absolute Gasteiger partial charge is 0.313 e. The van der Waals surface area contributed by atoms with Crippen LogP contribution in [-0.2, 0) is 28.7 Å². The van der Waals surface area contributed by atoms with Gasteiger partial charge in [-0.05, 0) is 65.4 Å². The molecule has 0 aromatic heterocycles. The highest BCUT2D eigenvalue weighted by Crippen LogP contribution is 2.59. The summed E-state index contributed by atoms with van der Waals surface area (Å²) in [6.07, 6.45) is 6.83. The van der Waals surface area contributed by atoms with E-state index in [1.54, 1.807) is 33.9 Å². The summed E-state index contributed by atoms with van der Waals surface area (Å²) in [5.74, 6) is -2.86. The number of allylic oxidation sites excluding steroid dienone is 1. The van der Waals surface area contributed by atoms with Crippen LogP contribution in [0.2, 0.25) is 0 Å². The van der Waals surface area contributed by atoms with Crippen LogP contribution in [0.15, 0.2) is 55.6 Å². The zero-order chi connectivity index (χ0) is 35.2. The van der Waals surface area contributed by atoms with E-state index < -0.39 is 53.2 Å². The van der Waals surface area contributed by atoms with Gasteiger partial charge in [-0.2, -0.15) is 0 Å². The average molecular weight is 666 g/mol. The van der Waals surface area contributed by atoms with E-state index in [9.17, 15) is 24.3 Å². The van der Waals surface area contributed by atoms with Crippen LogP contribution in [0.1, 0.15) is 90.7 Å². The largest absolute Gasteiger partial charge is 0.455 e. The van der Waals surface area contributed by atoms with Crippen molar-refractivity contribution in [1.82, 2.24) is 14.7 Å². The second-order valence-electron chi connectivity index (χ2n) is 14.5. The van der Waals surface area contributed by atoms with Crippen LogP contribution in [0.4, 0.5) is 0 Å². The molecular weight excluding hydrogens is 610 g/mol. The van der Waals surface area contributed by atoms with Gasteiger partial charge in [-0.25, -0.2) is 0 Å². The third-order valence-corrected chi connectivity index (χ3v) is 10.4. The SMILES string of the molecule is C=CCCC(=O)N(C)[C@H](C)[C@H](OC(=O)[C@@H]1[C@@H]2CC[C@]3(O2)[C@H](C(=O)N(CC=C)C(C)(C)C)N(CCCCCCO)C(=O)[C@@H]13)c1ccccc1. The molecule has 4 rings (SSSR count). The average Bonchev–Trinajstić information content (AvgIpc) is 3.71. The number of carbonyl (C=O) groups excluding carboxylic acids is 4. The minimum Gasteiger partial charge on any atom is -0.455 e. The number of hydrogen-bond donors (Lipinski definition) is 1. The number of benzene rings is 1. The van der Waals surface area contributed by atoms with Gasteiger partial charge in [-0.1, -0.05) is 55.3 Å². The molecule has 7 atom stereocenters. The van der Waals surface area contributed by atoms with Crippen molar-refractivity contribution >= 4 is 23.7 Å². The molecule has 1 N–H and O–H groups in total. The molecule has 3 aliphatic rings. The first-order valence-corrected chi connectivity index (χ1v) is 17.5. The summed E-state index contributed by atoms with van der Waals surface area (Å²) < 4.78 is 13.0. The van der Waals surface area contributed by atoms with Gasteiger partial charge in [0.05, 0.1) is 24.0 Å². The number of hydrogen-bond acceptors (Lipinski definition) is 7. The zero-order valence-corrected chi connectivity index (χ0v) is 29.4. The van der Waals surface area contributed by atoms with Crippen LogP contribution in [-0.4, -0.2) is 99.6 Å². The second kappa shape index (κ2) is 15.8. The summed E-state index contributed by atoms with van der Waals surface area (Å²) in [6.45, 7) is 16.1. The van der Waals surface area contributed by atoms with Crippen LogP contribution in [0.25, 0.3) is 0 Å². The third-order valence-electron chi connectivity index (χ3n) is 10.4. The quantitative estimate of drug-likeness (QED) is 0.144. The standard InChI is InChI=1S/C38H55N3O7/c1-8-10-20-29(43)39(7)26(3)32(27-18-14-13-15-19-27)47-36(46)30-28-21-22-38(48-28)31(30)34(44)40(24-16-11-12-17-25-42)33(38)35(45)41(23-9-2)37(4,5)6/h8-9,13-15,18-19,26,28,30-33,42H,1-2,10-12,16-17,20-25H2,3-7H3/t26-,28+,30-,31-,32+,33+,38-/m1/s1. The number of aliphatic hydroxyl groups excluding tert-OH is 1. The van der Waals surface area contributed by atoms with Gasteiger partial charge in [-0.15, -0.1) is 13.2 Å². The van der Waals surface area contributed by atoms with Gasteiger partial charge in [0.2, 0.25) is 17.7 Å². The lowest BCUT2D eigenvalue weighted by atomic mass is 9.70. The van der Waals surface area contributed by atoms with E-state index in [1.165, 1.54) is 0 Å². The Balaban J connectivity index is 1.67. The second-order valence-corrected chi connectivity index (χ2v) is 14.5. The number of ether oxygens (including phenoxy) is 2. The van der Waals surface area contributed by atoms with E-state index in [4.69, 9.17) is 9.47 Å². The summed E-state index contributed by atoms with van der Waals surface area (Å²) in [6, 6.07) is 7.94. The fraction of sp³-hybridized carbons (Fsp3) is 0.632. The summed E-state index contributed by atoms with van der Waals surface area (Å²) in [7, 11) is 1.70. The van der Waals surface area contributed by atoms with E-state index in [-0.39, 0.29) is 24.3 Å². The van der Waals surface area contributed by atoms with Gasteiger partial charge >= 0.3 is 5.97 Å². The van der Waals surface area contributed by atoms with Gasteiger partial charge in [0.15, 0.2) is 0 Å².